The second kappa shape index (κ2) is 5.32. The van der Waals surface area contributed by atoms with Gasteiger partial charge in [0.25, 0.3) is 5.91 Å². The molecule has 104 valence electrons. The average Bonchev–Trinajstić information content (AvgIpc) is 2.49. The fourth-order valence-electron chi connectivity index (χ4n) is 2.21. The van der Waals surface area contributed by atoms with Crippen LogP contribution in [0, 0.1) is 12.7 Å². The summed E-state index contributed by atoms with van der Waals surface area (Å²) in [7, 11) is 0. The lowest BCUT2D eigenvalue weighted by Gasteiger charge is -2.09. The lowest BCUT2D eigenvalue weighted by atomic mass is 10.1. The van der Waals surface area contributed by atoms with Crippen molar-refractivity contribution in [3.05, 3.63) is 71.7 Å². The van der Waals surface area contributed by atoms with Gasteiger partial charge in [-0.05, 0) is 42.8 Å². The maximum atomic E-state index is 13.8. The third-order valence-electron chi connectivity index (χ3n) is 3.26. The zero-order valence-electron chi connectivity index (χ0n) is 11.4. The van der Waals surface area contributed by atoms with Gasteiger partial charge in [0.05, 0.1) is 11.2 Å². The molecule has 1 amide bonds. The van der Waals surface area contributed by atoms with Crippen molar-refractivity contribution in [2.75, 3.05) is 5.32 Å². The number of anilines is 1. The van der Waals surface area contributed by atoms with E-state index in [1.807, 2.05) is 12.1 Å². The number of hydrogen-bond acceptors (Lipinski definition) is 2. The van der Waals surface area contributed by atoms with Gasteiger partial charge in [0.1, 0.15) is 5.82 Å². The average molecular weight is 280 g/mol. The Morgan fingerprint density at radius 1 is 1.14 bits per heavy atom. The van der Waals surface area contributed by atoms with Crippen LogP contribution in [0.3, 0.4) is 0 Å². The smallest absolute Gasteiger partial charge is 0.256 e. The highest BCUT2D eigenvalue weighted by Gasteiger charge is 2.12. The number of fused-ring (bicyclic) bond motifs is 1. The minimum Gasteiger partial charge on any atom is -0.319 e. The number of hydrogen-bond donors (Lipinski definition) is 1. The first-order valence-corrected chi connectivity index (χ1v) is 6.56. The van der Waals surface area contributed by atoms with E-state index in [0.29, 0.717) is 5.56 Å². The van der Waals surface area contributed by atoms with Gasteiger partial charge in [0, 0.05) is 17.1 Å². The minimum atomic E-state index is -0.443. The van der Waals surface area contributed by atoms with Crippen LogP contribution in [0.2, 0.25) is 0 Å². The molecule has 1 heterocycles. The number of carbonyl (C=O) groups excluding carboxylic acids is 1. The van der Waals surface area contributed by atoms with E-state index in [9.17, 15) is 9.18 Å². The second-order valence-electron chi connectivity index (χ2n) is 4.81. The lowest BCUT2D eigenvalue weighted by molar-refractivity contribution is 0.102. The van der Waals surface area contributed by atoms with E-state index in [4.69, 9.17) is 0 Å². The van der Waals surface area contributed by atoms with Crippen LogP contribution in [0.15, 0.2) is 54.7 Å². The van der Waals surface area contributed by atoms with Crippen molar-refractivity contribution in [3.63, 3.8) is 0 Å². The van der Waals surface area contributed by atoms with Crippen LogP contribution in [0.5, 0.6) is 0 Å². The maximum Gasteiger partial charge on any atom is 0.256 e. The molecule has 0 aliphatic heterocycles. The first-order chi connectivity index (χ1) is 10.1. The van der Waals surface area contributed by atoms with Gasteiger partial charge in [-0.1, -0.05) is 18.2 Å². The van der Waals surface area contributed by atoms with Crippen LogP contribution in [0.4, 0.5) is 10.1 Å². The van der Waals surface area contributed by atoms with Gasteiger partial charge in [0.2, 0.25) is 0 Å². The Morgan fingerprint density at radius 3 is 2.81 bits per heavy atom. The van der Waals surface area contributed by atoms with E-state index >= 15 is 0 Å². The molecule has 0 radical (unpaired) electrons. The molecule has 4 heteroatoms. The van der Waals surface area contributed by atoms with Gasteiger partial charge < -0.3 is 5.32 Å². The maximum absolute atomic E-state index is 13.8. The summed E-state index contributed by atoms with van der Waals surface area (Å²) in [5.74, 6) is -0.793. The number of aryl methyl sites for hydroxylation is 1. The van der Waals surface area contributed by atoms with Gasteiger partial charge in [-0.25, -0.2) is 4.39 Å². The van der Waals surface area contributed by atoms with Crippen LogP contribution in [0.1, 0.15) is 15.9 Å². The van der Waals surface area contributed by atoms with Crippen LogP contribution >= 0.6 is 0 Å². The molecule has 0 unspecified atom stereocenters. The summed E-state index contributed by atoms with van der Waals surface area (Å²) in [6, 6.07) is 13.6. The number of nitrogens with zero attached hydrogens (tertiary/aromatic N) is 1. The standard InChI is InChI=1S/C17H13FN2O/c1-11-7-8-16(14(18)10-11)20-17(21)13-4-2-6-15-12(13)5-3-9-19-15/h2-10H,1H3,(H,20,21). The first kappa shape index (κ1) is 13.2. The third kappa shape index (κ3) is 2.60. The Balaban J connectivity index is 1.97. The summed E-state index contributed by atoms with van der Waals surface area (Å²) in [5, 5.41) is 3.34. The summed E-state index contributed by atoms with van der Waals surface area (Å²) in [5.41, 5.74) is 2.18. The molecule has 0 fully saturated rings. The molecule has 3 rings (SSSR count). The van der Waals surface area contributed by atoms with Gasteiger partial charge in [-0.15, -0.1) is 0 Å². The predicted octanol–water partition coefficient (Wildman–Crippen LogP) is 3.93. The number of halogens is 1. The van der Waals surface area contributed by atoms with Gasteiger partial charge in [0.15, 0.2) is 0 Å². The van der Waals surface area contributed by atoms with Crippen LogP contribution in [0.25, 0.3) is 10.9 Å². The molecule has 2 aromatic carbocycles. The molecule has 0 aliphatic carbocycles. The number of benzene rings is 2. The van der Waals surface area contributed by atoms with Crippen molar-refractivity contribution in [1.29, 1.82) is 0 Å². The molecular weight excluding hydrogens is 267 g/mol. The van der Waals surface area contributed by atoms with E-state index in [-0.39, 0.29) is 11.6 Å². The topological polar surface area (TPSA) is 42.0 Å². The first-order valence-electron chi connectivity index (χ1n) is 6.56. The van der Waals surface area contributed by atoms with Crippen LogP contribution in [-0.2, 0) is 0 Å². The minimum absolute atomic E-state index is 0.173. The molecule has 1 N–H and O–H groups in total. The molecule has 1 aromatic heterocycles. The highest BCUT2D eigenvalue weighted by molar-refractivity contribution is 6.12. The van der Waals surface area contributed by atoms with Crippen molar-refractivity contribution >= 4 is 22.5 Å². The molecule has 0 saturated carbocycles. The Labute approximate surface area is 121 Å². The van der Waals surface area contributed by atoms with Crippen molar-refractivity contribution in [2.45, 2.75) is 6.92 Å². The van der Waals surface area contributed by atoms with E-state index in [2.05, 4.69) is 10.3 Å². The number of pyridine rings is 1. The molecule has 21 heavy (non-hydrogen) atoms. The monoisotopic (exact) mass is 280 g/mol. The van der Waals surface area contributed by atoms with Crippen molar-refractivity contribution in [2.24, 2.45) is 0 Å². The van der Waals surface area contributed by atoms with E-state index in [1.54, 1.807) is 43.5 Å². The van der Waals surface area contributed by atoms with E-state index < -0.39 is 5.82 Å². The van der Waals surface area contributed by atoms with Crippen molar-refractivity contribution in [1.82, 2.24) is 4.98 Å². The van der Waals surface area contributed by atoms with Gasteiger partial charge >= 0.3 is 0 Å². The van der Waals surface area contributed by atoms with Crippen molar-refractivity contribution < 1.29 is 9.18 Å². The second-order valence-corrected chi connectivity index (χ2v) is 4.81. The summed E-state index contributed by atoms with van der Waals surface area (Å²) in [6.07, 6.45) is 1.67. The van der Waals surface area contributed by atoms with Crippen molar-refractivity contribution in [3.8, 4) is 0 Å². The molecular formula is C17H13FN2O. The number of aromatic nitrogens is 1. The Morgan fingerprint density at radius 2 is 2.00 bits per heavy atom. The third-order valence-corrected chi connectivity index (χ3v) is 3.26. The molecule has 3 nitrogen and oxygen atoms in total. The molecule has 0 bridgehead atoms. The SMILES string of the molecule is Cc1ccc(NC(=O)c2cccc3ncccc23)c(F)c1. The van der Waals surface area contributed by atoms with Gasteiger partial charge in [-0.3, -0.25) is 9.78 Å². The quantitative estimate of drug-likeness (QED) is 0.772. The number of carbonyl (C=O) groups is 1. The molecule has 0 atom stereocenters. The van der Waals surface area contributed by atoms with Gasteiger partial charge in [-0.2, -0.15) is 0 Å². The lowest BCUT2D eigenvalue weighted by Crippen LogP contribution is -2.13. The number of amides is 1. The zero-order valence-corrected chi connectivity index (χ0v) is 11.4. The largest absolute Gasteiger partial charge is 0.319 e. The highest BCUT2D eigenvalue weighted by Crippen LogP contribution is 2.20. The number of rotatable bonds is 2. The molecule has 0 spiro atoms. The fourth-order valence-corrected chi connectivity index (χ4v) is 2.21. The summed E-state index contributed by atoms with van der Waals surface area (Å²) in [6.45, 7) is 1.80. The zero-order chi connectivity index (χ0) is 14.8. The summed E-state index contributed by atoms with van der Waals surface area (Å²) >= 11 is 0. The Bertz CT molecular complexity index is 825. The predicted molar refractivity (Wildman–Crippen MR) is 80.8 cm³/mol. The summed E-state index contributed by atoms with van der Waals surface area (Å²) in [4.78, 5) is 16.6. The normalized spacial score (nSPS) is 10.6. The summed E-state index contributed by atoms with van der Waals surface area (Å²) < 4.78 is 13.8. The van der Waals surface area contributed by atoms with E-state index in [1.165, 1.54) is 6.07 Å². The molecule has 0 saturated heterocycles. The fraction of sp³-hybridized carbons (Fsp3) is 0.0588. The highest BCUT2D eigenvalue weighted by atomic mass is 19.1. The van der Waals surface area contributed by atoms with Crippen LogP contribution in [-0.4, -0.2) is 10.9 Å². The molecule has 0 aliphatic rings. The Kier molecular flexibility index (Phi) is 3.36. The van der Waals surface area contributed by atoms with Crippen LogP contribution < -0.4 is 5.32 Å². The number of nitrogens with one attached hydrogen (secondary N) is 1. The van der Waals surface area contributed by atoms with E-state index in [0.717, 1.165) is 16.5 Å². The Hall–Kier alpha value is -2.75. The molecule has 3 aromatic rings.